The molecule has 0 atom stereocenters. The van der Waals surface area contributed by atoms with E-state index in [0.717, 1.165) is 27.2 Å². The summed E-state index contributed by atoms with van der Waals surface area (Å²) in [5.74, 6) is 1.70. The maximum atomic E-state index is 5.94. The molecule has 0 saturated heterocycles. The van der Waals surface area contributed by atoms with Crippen LogP contribution in [0.1, 0.15) is 51.1 Å². The predicted octanol–water partition coefficient (Wildman–Crippen LogP) is 5.05. The highest BCUT2D eigenvalue weighted by atomic mass is 32.1. The largest absolute Gasteiger partial charge is 0.442 e. The van der Waals surface area contributed by atoms with Gasteiger partial charge in [-0.25, -0.2) is 19.9 Å². The minimum absolute atomic E-state index is 0.125. The molecule has 0 aliphatic carbocycles. The van der Waals surface area contributed by atoms with E-state index in [0.29, 0.717) is 12.1 Å². The second-order valence-electron chi connectivity index (χ2n) is 8.36. The Balaban J connectivity index is 1.66. The molecule has 0 fully saturated rings. The van der Waals surface area contributed by atoms with E-state index in [1.54, 1.807) is 17.5 Å². The maximum absolute atomic E-state index is 5.94. The molecule has 134 valence electrons. The van der Waals surface area contributed by atoms with Crippen LogP contribution in [0.2, 0.25) is 0 Å². The van der Waals surface area contributed by atoms with E-state index in [-0.39, 0.29) is 10.8 Å². The summed E-state index contributed by atoms with van der Waals surface area (Å²) < 4.78 is 5.94. The lowest BCUT2D eigenvalue weighted by Gasteiger charge is -2.20. The number of hydrogen-bond donors (Lipinski definition) is 0. The highest BCUT2D eigenvalue weighted by Crippen LogP contribution is 2.34. The normalized spacial score (nSPS) is 13.0. The Labute approximate surface area is 156 Å². The third kappa shape index (κ3) is 3.09. The molecule has 6 heteroatoms. The fourth-order valence-corrected chi connectivity index (χ4v) is 4.01. The number of rotatable bonds is 3. The van der Waals surface area contributed by atoms with Crippen LogP contribution >= 0.6 is 11.3 Å². The molecular formula is C20H22N4OS. The summed E-state index contributed by atoms with van der Waals surface area (Å²) in [6, 6.07) is 4.21. The van der Waals surface area contributed by atoms with Crippen LogP contribution in [-0.2, 0) is 17.3 Å². The molecule has 0 N–H and O–H groups in total. The minimum atomic E-state index is -0.238. The molecule has 0 radical (unpaired) electrons. The number of thiophene rings is 1. The number of aromatic nitrogens is 4. The molecular weight excluding hydrogens is 344 g/mol. The van der Waals surface area contributed by atoms with E-state index in [1.165, 1.54) is 11.2 Å². The van der Waals surface area contributed by atoms with E-state index >= 15 is 0 Å². The fraction of sp³-hybridized carbons (Fsp3) is 0.400. The molecule has 26 heavy (non-hydrogen) atoms. The third-order valence-corrected chi connectivity index (χ3v) is 6.00. The zero-order chi connectivity index (χ0) is 18.5. The second-order valence-corrected chi connectivity index (χ2v) is 9.39. The van der Waals surface area contributed by atoms with Gasteiger partial charge in [-0.15, -0.1) is 11.3 Å². The lowest BCUT2D eigenvalue weighted by Crippen LogP contribution is -2.21. The molecule has 4 rings (SSSR count). The van der Waals surface area contributed by atoms with Crippen LogP contribution < -0.4 is 0 Å². The lowest BCUT2D eigenvalue weighted by molar-refractivity contribution is 0.390. The molecule has 5 nitrogen and oxygen atoms in total. The zero-order valence-electron chi connectivity index (χ0n) is 15.7. The highest BCUT2D eigenvalue weighted by molar-refractivity contribution is 7.18. The minimum Gasteiger partial charge on any atom is -0.442 e. The van der Waals surface area contributed by atoms with Gasteiger partial charge < -0.3 is 4.42 Å². The third-order valence-electron chi connectivity index (χ3n) is 4.53. The van der Waals surface area contributed by atoms with Crippen molar-refractivity contribution in [3.05, 3.63) is 47.3 Å². The summed E-state index contributed by atoms with van der Waals surface area (Å²) in [5.41, 5.74) is 0.506. The Morgan fingerprint density at radius 1 is 1.00 bits per heavy atom. The van der Waals surface area contributed by atoms with Crippen molar-refractivity contribution in [3.63, 3.8) is 0 Å². The van der Waals surface area contributed by atoms with Crippen LogP contribution in [-0.4, -0.2) is 19.9 Å². The van der Waals surface area contributed by atoms with Crippen molar-refractivity contribution in [1.82, 2.24) is 19.9 Å². The number of nitrogens with zero attached hydrogens (tertiary/aromatic N) is 4. The first-order chi connectivity index (χ1) is 12.2. The van der Waals surface area contributed by atoms with Gasteiger partial charge >= 0.3 is 0 Å². The van der Waals surface area contributed by atoms with Crippen LogP contribution in [0.5, 0.6) is 0 Å². The summed E-state index contributed by atoms with van der Waals surface area (Å²) in [5, 5.41) is 2.03. The van der Waals surface area contributed by atoms with Gasteiger partial charge in [-0.05, 0) is 17.5 Å². The van der Waals surface area contributed by atoms with Gasteiger partial charge in [-0.1, -0.05) is 34.6 Å². The molecule has 0 aromatic carbocycles. The summed E-state index contributed by atoms with van der Waals surface area (Å²) in [6.07, 6.45) is 5.90. The predicted molar refractivity (Wildman–Crippen MR) is 105 cm³/mol. The highest BCUT2D eigenvalue weighted by Gasteiger charge is 2.27. The topological polar surface area (TPSA) is 64.7 Å². The molecule has 4 aromatic rings. The van der Waals surface area contributed by atoms with Crippen molar-refractivity contribution in [1.29, 1.82) is 0 Å². The smallest absolute Gasteiger partial charge is 0.229 e. The van der Waals surface area contributed by atoms with Crippen LogP contribution in [0.15, 0.2) is 35.3 Å². The first-order valence-electron chi connectivity index (χ1n) is 8.68. The van der Waals surface area contributed by atoms with Gasteiger partial charge in [0.25, 0.3) is 0 Å². The average molecular weight is 366 g/mol. The maximum Gasteiger partial charge on any atom is 0.229 e. The lowest BCUT2D eigenvalue weighted by atomic mass is 9.86. The summed E-state index contributed by atoms with van der Waals surface area (Å²) in [7, 11) is 0. The Morgan fingerprint density at radius 3 is 2.54 bits per heavy atom. The first-order valence-corrected chi connectivity index (χ1v) is 9.50. The molecule has 0 amide bonds. The van der Waals surface area contributed by atoms with Crippen LogP contribution in [0, 0.1) is 0 Å². The molecule has 0 aliphatic heterocycles. The molecule has 0 saturated carbocycles. The van der Waals surface area contributed by atoms with Gasteiger partial charge in [0, 0.05) is 34.5 Å². The quantitative estimate of drug-likeness (QED) is 0.508. The Bertz CT molecular complexity index is 1060. The van der Waals surface area contributed by atoms with Gasteiger partial charge in [0.2, 0.25) is 5.71 Å². The Morgan fingerprint density at radius 2 is 1.81 bits per heavy atom. The van der Waals surface area contributed by atoms with Crippen LogP contribution in [0.25, 0.3) is 21.3 Å². The monoisotopic (exact) mass is 366 g/mol. The zero-order valence-corrected chi connectivity index (χ0v) is 16.5. The van der Waals surface area contributed by atoms with E-state index in [9.17, 15) is 0 Å². The average Bonchev–Trinajstić information content (AvgIpc) is 3.18. The number of hydrogen-bond acceptors (Lipinski definition) is 6. The van der Waals surface area contributed by atoms with Crippen molar-refractivity contribution in [2.24, 2.45) is 0 Å². The molecule has 0 bridgehead atoms. The standard InChI is InChI=1S/C20H22N4OS/c1-19(2,3)15-7-13-10-22-16(24-18(13)26-15)8-20(4,5)14-6-12-9-21-11-23-17(12)25-14/h6-7,9-11H,8H2,1-5H3. The van der Waals surface area contributed by atoms with E-state index in [4.69, 9.17) is 9.40 Å². The van der Waals surface area contributed by atoms with E-state index in [2.05, 4.69) is 55.6 Å². The molecule has 4 heterocycles. The van der Waals surface area contributed by atoms with Crippen molar-refractivity contribution in [2.45, 2.75) is 51.9 Å². The van der Waals surface area contributed by atoms with Gasteiger partial charge in [-0.2, -0.15) is 0 Å². The van der Waals surface area contributed by atoms with Gasteiger partial charge in [0.1, 0.15) is 22.7 Å². The molecule has 0 aliphatic rings. The first kappa shape index (κ1) is 17.1. The van der Waals surface area contributed by atoms with E-state index in [1.807, 2.05) is 12.3 Å². The fourth-order valence-electron chi connectivity index (χ4n) is 2.92. The Kier molecular flexibility index (Phi) is 3.84. The Hall–Kier alpha value is -2.34. The van der Waals surface area contributed by atoms with Gasteiger partial charge in [0.15, 0.2) is 0 Å². The summed E-state index contributed by atoms with van der Waals surface area (Å²) >= 11 is 1.75. The molecule has 0 spiro atoms. The van der Waals surface area contributed by atoms with Crippen LogP contribution in [0.4, 0.5) is 0 Å². The van der Waals surface area contributed by atoms with Crippen LogP contribution in [0.3, 0.4) is 0 Å². The molecule has 0 unspecified atom stereocenters. The van der Waals surface area contributed by atoms with E-state index < -0.39 is 0 Å². The van der Waals surface area contributed by atoms with Crippen molar-refractivity contribution in [2.75, 3.05) is 0 Å². The van der Waals surface area contributed by atoms with Gasteiger partial charge in [0.05, 0.1) is 5.39 Å². The SMILES string of the molecule is CC(C)(C)c1cc2cnc(CC(C)(C)c3cc4cncnc4o3)nc2s1. The molecule has 4 aromatic heterocycles. The number of furan rings is 1. The van der Waals surface area contributed by atoms with Crippen molar-refractivity contribution in [3.8, 4) is 0 Å². The van der Waals surface area contributed by atoms with Crippen molar-refractivity contribution < 1.29 is 4.42 Å². The second kappa shape index (κ2) is 5.84. The van der Waals surface area contributed by atoms with Gasteiger partial charge in [-0.3, -0.25) is 0 Å². The number of fused-ring (bicyclic) bond motifs is 2. The summed E-state index contributed by atoms with van der Waals surface area (Å²) in [6.45, 7) is 10.9. The van der Waals surface area contributed by atoms with Crippen molar-refractivity contribution >= 4 is 32.7 Å². The summed E-state index contributed by atoms with van der Waals surface area (Å²) in [4.78, 5) is 20.0.